The van der Waals surface area contributed by atoms with Crippen LogP contribution in [0.1, 0.15) is 58.4 Å². The van der Waals surface area contributed by atoms with Crippen LogP contribution >= 0.6 is 0 Å². The first kappa shape index (κ1) is 19.0. The topological polar surface area (TPSA) is 43.4 Å². The minimum atomic E-state index is -0.265. The van der Waals surface area contributed by atoms with Gasteiger partial charge in [-0.2, -0.15) is 0 Å². The van der Waals surface area contributed by atoms with Crippen LogP contribution < -0.4 is 0 Å². The Morgan fingerprint density at radius 1 is 1.16 bits per heavy atom. The molecule has 0 heterocycles. The summed E-state index contributed by atoms with van der Waals surface area (Å²) in [5, 5.41) is 0. The highest BCUT2D eigenvalue weighted by Gasteiger charge is 2.30. The van der Waals surface area contributed by atoms with Crippen LogP contribution in [0.3, 0.4) is 0 Å². The van der Waals surface area contributed by atoms with Gasteiger partial charge in [-0.05, 0) is 37.3 Å². The Kier molecular flexibility index (Phi) is 6.58. The van der Waals surface area contributed by atoms with Crippen molar-refractivity contribution < 1.29 is 14.3 Å². The van der Waals surface area contributed by atoms with Gasteiger partial charge >= 0.3 is 5.97 Å². The number of benzene rings is 1. The normalized spacial score (nSPS) is 18.6. The summed E-state index contributed by atoms with van der Waals surface area (Å²) in [6, 6.07) is 9.72. The number of rotatable bonds is 3. The van der Waals surface area contributed by atoms with Crippen molar-refractivity contribution in [3.63, 3.8) is 0 Å². The van der Waals surface area contributed by atoms with E-state index in [2.05, 4.69) is 25.7 Å². The van der Waals surface area contributed by atoms with Gasteiger partial charge in [0.15, 0.2) is 0 Å². The van der Waals surface area contributed by atoms with Crippen LogP contribution in [0.2, 0.25) is 0 Å². The Bertz CT molecular complexity index is 715. The summed E-state index contributed by atoms with van der Waals surface area (Å²) in [5.41, 5.74) is 2.70. The summed E-state index contributed by atoms with van der Waals surface area (Å²) in [5.74, 6) is 6.39. The van der Waals surface area contributed by atoms with E-state index in [4.69, 9.17) is 4.74 Å². The van der Waals surface area contributed by atoms with Crippen molar-refractivity contribution in [1.82, 2.24) is 0 Å². The molecule has 0 atom stereocenters. The molecule has 1 aromatic rings. The van der Waals surface area contributed by atoms with Crippen molar-refractivity contribution in [2.75, 3.05) is 6.61 Å². The molecule has 0 aliphatic heterocycles. The number of esters is 1. The SMILES string of the molecule is CCOC(=O)C/C(C#Cc1ccccc1)=C1\CCC(=O)CCC1(C)C. The predicted octanol–water partition coefficient (Wildman–Crippen LogP) is 4.46. The van der Waals surface area contributed by atoms with Crippen molar-refractivity contribution in [3.8, 4) is 11.8 Å². The van der Waals surface area contributed by atoms with E-state index in [1.807, 2.05) is 30.3 Å². The lowest BCUT2D eigenvalue weighted by molar-refractivity contribution is -0.142. The maximum atomic E-state index is 12.1. The van der Waals surface area contributed by atoms with Gasteiger partial charge in [-0.1, -0.05) is 49.5 Å². The number of allylic oxidation sites excluding steroid dienone is 1. The van der Waals surface area contributed by atoms with Crippen molar-refractivity contribution in [3.05, 3.63) is 47.0 Å². The number of Topliss-reactive ketones (excluding diaryl/α,β-unsaturated/α-hetero) is 1. The summed E-state index contributed by atoms with van der Waals surface area (Å²) in [7, 11) is 0. The lowest BCUT2D eigenvalue weighted by Gasteiger charge is -2.27. The largest absolute Gasteiger partial charge is 0.466 e. The molecule has 3 nitrogen and oxygen atoms in total. The quantitative estimate of drug-likeness (QED) is 0.464. The summed E-state index contributed by atoms with van der Waals surface area (Å²) in [4.78, 5) is 24.0. The van der Waals surface area contributed by atoms with Gasteiger partial charge in [-0.25, -0.2) is 0 Å². The summed E-state index contributed by atoms with van der Waals surface area (Å²) in [6.45, 7) is 6.43. The molecule has 1 aromatic carbocycles. The van der Waals surface area contributed by atoms with Gasteiger partial charge in [0.2, 0.25) is 0 Å². The lowest BCUT2D eigenvalue weighted by Crippen LogP contribution is -2.17. The highest BCUT2D eigenvalue weighted by atomic mass is 16.5. The Morgan fingerprint density at radius 3 is 2.56 bits per heavy atom. The minimum Gasteiger partial charge on any atom is -0.466 e. The van der Waals surface area contributed by atoms with Crippen molar-refractivity contribution >= 4 is 11.8 Å². The highest BCUT2D eigenvalue weighted by Crippen LogP contribution is 2.40. The van der Waals surface area contributed by atoms with E-state index in [1.165, 1.54) is 0 Å². The molecule has 0 saturated heterocycles. The molecule has 1 aliphatic carbocycles. The van der Waals surface area contributed by atoms with E-state index >= 15 is 0 Å². The van der Waals surface area contributed by atoms with Crippen LogP contribution in [0, 0.1) is 17.3 Å². The second-order valence-corrected chi connectivity index (χ2v) is 6.98. The van der Waals surface area contributed by atoms with Crippen molar-refractivity contribution in [2.24, 2.45) is 5.41 Å². The maximum absolute atomic E-state index is 12.1. The Morgan fingerprint density at radius 2 is 1.88 bits per heavy atom. The molecule has 0 unspecified atom stereocenters. The van der Waals surface area contributed by atoms with Gasteiger partial charge in [0, 0.05) is 24.0 Å². The van der Waals surface area contributed by atoms with E-state index in [9.17, 15) is 9.59 Å². The average Bonchev–Trinajstić information content (AvgIpc) is 2.71. The van der Waals surface area contributed by atoms with E-state index in [-0.39, 0.29) is 23.6 Å². The second kappa shape index (κ2) is 8.67. The fourth-order valence-corrected chi connectivity index (χ4v) is 3.14. The highest BCUT2D eigenvalue weighted by molar-refractivity contribution is 5.80. The Labute approximate surface area is 150 Å². The van der Waals surface area contributed by atoms with E-state index < -0.39 is 0 Å². The van der Waals surface area contributed by atoms with Crippen LogP contribution in [-0.2, 0) is 14.3 Å². The van der Waals surface area contributed by atoms with Crippen molar-refractivity contribution in [1.29, 1.82) is 0 Å². The third kappa shape index (κ3) is 5.60. The molecule has 0 spiro atoms. The molecule has 0 bridgehead atoms. The lowest BCUT2D eigenvalue weighted by atomic mass is 9.77. The molecular formula is C22H26O3. The summed E-state index contributed by atoms with van der Waals surface area (Å²) >= 11 is 0. The van der Waals surface area contributed by atoms with E-state index in [1.54, 1.807) is 6.92 Å². The fraction of sp³-hybridized carbons (Fsp3) is 0.455. The standard InChI is InChI=1S/C22H26O3/c1-4-25-21(24)16-18(11-10-17-8-6-5-7-9-17)20-13-12-19(23)14-15-22(20,2)3/h5-9H,4,12-16H2,1-3H3/b20-18+. The Hall–Kier alpha value is -2.34. The zero-order valence-corrected chi connectivity index (χ0v) is 15.4. The molecule has 1 fully saturated rings. The van der Waals surface area contributed by atoms with Gasteiger partial charge < -0.3 is 4.74 Å². The molecule has 0 N–H and O–H groups in total. The molecule has 1 aliphatic rings. The van der Waals surface area contributed by atoms with Gasteiger partial charge in [0.1, 0.15) is 5.78 Å². The van der Waals surface area contributed by atoms with Gasteiger partial charge in [0.25, 0.3) is 0 Å². The minimum absolute atomic E-state index is 0.140. The maximum Gasteiger partial charge on any atom is 0.310 e. The van der Waals surface area contributed by atoms with Crippen LogP contribution in [0.15, 0.2) is 41.5 Å². The fourth-order valence-electron chi connectivity index (χ4n) is 3.14. The smallest absolute Gasteiger partial charge is 0.310 e. The molecule has 25 heavy (non-hydrogen) atoms. The first-order chi connectivity index (χ1) is 11.9. The number of hydrogen-bond acceptors (Lipinski definition) is 3. The van der Waals surface area contributed by atoms with Crippen LogP contribution in [-0.4, -0.2) is 18.4 Å². The third-order valence-electron chi connectivity index (χ3n) is 4.62. The number of hydrogen-bond donors (Lipinski definition) is 0. The van der Waals surface area contributed by atoms with Gasteiger partial charge in [-0.15, -0.1) is 0 Å². The molecule has 3 heteroatoms. The summed E-state index contributed by atoms with van der Waals surface area (Å²) < 4.78 is 5.13. The summed E-state index contributed by atoms with van der Waals surface area (Å²) in [6.07, 6.45) is 2.75. The molecule has 2 rings (SSSR count). The number of ether oxygens (including phenoxy) is 1. The zero-order chi connectivity index (χ0) is 18.3. The molecule has 0 aromatic heterocycles. The molecule has 132 valence electrons. The molecule has 0 amide bonds. The van der Waals surface area contributed by atoms with Crippen LogP contribution in [0.25, 0.3) is 0 Å². The monoisotopic (exact) mass is 338 g/mol. The second-order valence-electron chi connectivity index (χ2n) is 6.98. The molecule has 0 radical (unpaired) electrons. The molecule has 1 saturated carbocycles. The first-order valence-electron chi connectivity index (χ1n) is 8.89. The number of ketones is 1. The van der Waals surface area contributed by atoms with Gasteiger partial charge in [-0.3, -0.25) is 9.59 Å². The Balaban J connectivity index is 2.43. The molecular weight excluding hydrogens is 312 g/mol. The number of carbonyl (C=O) groups excluding carboxylic acids is 2. The average molecular weight is 338 g/mol. The van der Waals surface area contributed by atoms with Crippen LogP contribution in [0.4, 0.5) is 0 Å². The van der Waals surface area contributed by atoms with Crippen LogP contribution in [0.5, 0.6) is 0 Å². The number of carbonyl (C=O) groups is 2. The zero-order valence-electron chi connectivity index (χ0n) is 15.4. The third-order valence-corrected chi connectivity index (χ3v) is 4.62. The first-order valence-corrected chi connectivity index (χ1v) is 8.89. The predicted molar refractivity (Wildman–Crippen MR) is 98.9 cm³/mol. The van der Waals surface area contributed by atoms with E-state index in [0.29, 0.717) is 25.9 Å². The van der Waals surface area contributed by atoms with Crippen molar-refractivity contribution in [2.45, 2.75) is 52.9 Å². The van der Waals surface area contributed by atoms with E-state index in [0.717, 1.165) is 23.1 Å². The van der Waals surface area contributed by atoms with Gasteiger partial charge in [0.05, 0.1) is 13.0 Å².